The van der Waals surface area contributed by atoms with Gasteiger partial charge in [-0.2, -0.15) is 4.31 Å². The molecule has 0 aliphatic carbocycles. The molecule has 0 unspecified atom stereocenters. The lowest BCUT2D eigenvalue weighted by Gasteiger charge is -2.22. The highest BCUT2D eigenvalue weighted by Gasteiger charge is 2.28. The third-order valence-corrected chi connectivity index (χ3v) is 6.17. The van der Waals surface area contributed by atoms with Crippen molar-refractivity contribution in [3.63, 3.8) is 0 Å². The van der Waals surface area contributed by atoms with Gasteiger partial charge < -0.3 is 4.90 Å². The monoisotopic (exact) mass is 356 g/mol. The fourth-order valence-electron chi connectivity index (χ4n) is 2.82. The zero-order chi connectivity index (χ0) is 17.6. The Balaban J connectivity index is 1.99. The predicted molar refractivity (Wildman–Crippen MR) is 90.5 cm³/mol. The van der Waals surface area contributed by atoms with Gasteiger partial charge in [0.25, 0.3) is 0 Å². The van der Waals surface area contributed by atoms with Crippen molar-refractivity contribution in [3.05, 3.63) is 30.1 Å². The lowest BCUT2D eigenvalue weighted by atomic mass is 10.2. The Hall–Kier alpha value is -1.47. The second-order valence-electron chi connectivity index (χ2n) is 6.05. The first-order chi connectivity index (χ1) is 11.4. The summed E-state index contributed by atoms with van der Waals surface area (Å²) in [5.74, 6) is -0.363. The number of hydrogen-bond donors (Lipinski definition) is 0. The molecule has 0 bridgehead atoms. The molecule has 134 valence electrons. The SMILES string of the molecule is CCCCCC(=O)N1CCCN(S(=O)(=O)c2ccc(F)cc2)CC1. The van der Waals surface area contributed by atoms with E-state index in [0.29, 0.717) is 32.5 Å². The lowest BCUT2D eigenvalue weighted by Crippen LogP contribution is -2.37. The van der Waals surface area contributed by atoms with Crippen LogP contribution in [0.3, 0.4) is 0 Å². The molecule has 1 aromatic rings. The van der Waals surface area contributed by atoms with E-state index in [9.17, 15) is 17.6 Å². The van der Waals surface area contributed by atoms with Crippen molar-refractivity contribution < 1.29 is 17.6 Å². The molecule has 0 aromatic heterocycles. The van der Waals surface area contributed by atoms with Gasteiger partial charge in [0.05, 0.1) is 4.90 Å². The fourth-order valence-corrected chi connectivity index (χ4v) is 4.29. The average molecular weight is 356 g/mol. The Kier molecular flexibility index (Phi) is 6.74. The van der Waals surface area contributed by atoms with Gasteiger partial charge in [-0.05, 0) is 37.1 Å². The van der Waals surface area contributed by atoms with Crippen molar-refractivity contribution in [2.75, 3.05) is 26.2 Å². The molecular formula is C17H25FN2O3S. The first kappa shape index (κ1) is 18.9. The van der Waals surface area contributed by atoms with Gasteiger partial charge in [-0.3, -0.25) is 4.79 Å². The Bertz CT molecular complexity index is 646. The van der Waals surface area contributed by atoms with E-state index in [1.165, 1.54) is 16.4 Å². The van der Waals surface area contributed by atoms with E-state index in [1.807, 2.05) is 0 Å². The minimum absolute atomic E-state index is 0.0895. The molecule has 0 N–H and O–H groups in total. The summed E-state index contributed by atoms with van der Waals surface area (Å²) in [5, 5.41) is 0. The molecule has 5 nitrogen and oxygen atoms in total. The summed E-state index contributed by atoms with van der Waals surface area (Å²) in [6, 6.07) is 4.86. The first-order valence-electron chi connectivity index (χ1n) is 8.48. The Labute approximate surface area is 143 Å². The molecule has 0 atom stereocenters. The number of hydrogen-bond acceptors (Lipinski definition) is 3. The largest absolute Gasteiger partial charge is 0.341 e. The third-order valence-electron chi connectivity index (χ3n) is 4.25. The summed E-state index contributed by atoms with van der Waals surface area (Å²) in [6.45, 7) is 3.73. The molecule has 1 fully saturated rings. The number of amides is 1. The summed E-state index contributed by atoms with van der Waals surface area (Å²) in [6.07, 6.45) is 4.11. The topological polar surface area (TPSA) is 57.7 Å². The van der Waals surface area contributed by atoms with E-state index in [-0.39, 0.29) is 17.3 Å². The highest BCUT2D eigenvalue weighted by molar-refractivity contribution is 7.89. The summed E-state index contributed by atoms with van der Waals surface area (Å²) in [5.41, 5.74) is 0. The maximum Gasteiger partial charge on any atom is 0.243 e. The number of rotatable bonds is 6. The van der Waals surface area contributed by atoms with Gasteiger partial charge in [0.15, 0.2) is 0 Å². The maximum absolute atomic E-state index is 13.0. The van der Waals surface area contributed by atoms with Crippen LogP contribution in [0.4, 0.5) is 4.39 Å². The van der Waals surface area contributed by atoms with Crippen LogP contribution in [0.2, 0.25) is 0 Å². The van der Waals surface area contributed by atoms with E-state index in [1.54, 1.807) is 4.90 Å². The Morgan fingerprint density at radius 3 is 2.46 bits per heavy atom. The van der Waals surface area contributed by atoms with Crippen LogP contribution in [0.1, 0.15) is 39.0 Å². The van der Waals surface area contributed by atoms with E-state index in [4.69, 9.17) is 0 Å². The molecular weight excluding hydrogens is 331 g/mol. The number of benzene rings is 1. The van der Waals surface area contributed by atoms with Crippen molar-refractivity contribution in [3.8, 4) is 0 Å². The fraction of sp³-hybridized carbons (Fsp3) is 0.588. The molecule has 0 saturated carbocycles. The summed E-state index contributed by atoms with van der Waals surface area (Å²) in [7, 11) is -3.64. The molecule has 7 heteroatoms. The number of carbonyl (C=O) groups is 1. The van der Waals surface area contributed by atoms with Crippen molar-refractivity contribution in [1.29, 1.82) is 0 Å². The highest BCUT2D eigenvalue weighted by Crippen LogP contribution is 2.18. The minimum atomic E-state index is -3.64. The van der Waals surface area contributed by atoms with Gasteiger partial charge in [0.2, 0.25) is 15.9 Å². The van der Waals surface area contributed by atoms with Crippen molar-refractivity contribution in [2.24, 2.45) is 0 Å². The molecule has 0 spiro atoms. The van der Waals surface area contributed by atoms with Crippen LogP contribution in [0, 0.1) is 5.82 Å². The first-order valence-corrected chi connectivity index (χ1v) is 9.92. The van der Waals surface area contributed by atoms with E-state index < -0.39 is 15.8 Å². The van der Waals surface area contributed by atoms with Crippen LogP contribution in [-0.2, 0) is 14.8 Å². The standard InChI is InChI=1S/C17H25FN2O3S/c1-2-3-4-6-17(21)19-11-5-12-20(14-13-19)24(22,23)16-9-7-15(18)8-10-16/h7-10H,2-6,11-14H2,1H3. The zero-order valence-corrected chi connectivity index (χ0v) is 14.9. The lowest BCUT2D eigenvalue weighted by molar-refractivity contribution is -0.131. The van der Waals surface area contributed by atoms with E-state index in [0.717, 1.165) is 31.4 Å². The quantitative estimate of drug-likeness (QED) is 0.736. The number of carbonyl (C=O) groups excluding carboxylic acids is 1. The van der Waals surface area contributed by atoms with Gasteiger partial charge in [0, 0.05) is 32.6 Å². The molecule has 1 amide bonds. The number of nitrogens with zero attached hydrogens (tertiary/aromatic N) is 2. The number of halogens is 1. The van der Waals surface area contributed by atoms with Crippen molar-refractivity contribution >= 4 is 15.9 Å². The van der Waals surface area contributed by atoms with Crippen molar-refractivity contribution in [2.45, 2.75) is 43.9 Å². The van der Waals surface area contributed by atoms with Crippen LogP contribution in [0.25, 0.3) is 0 Å². The van der Waals surface area contributed by atoms with Gasteiger partial charge in [-0.1, -0.05) is 19.8 Å². The molecule has 1 heterocycles. The van der Waals surface area contributed by atoms with Crippen LogP contribution < -0.4 is 0 Å². The molecule has 1 saturated heterocycles. The Morgan fingerprint density at radius 1 is 1.08 bits per heavy atom. The van der Waals surface area contributed by atoms with E-state index in [2.05, 4.69) is 6.92 Å². The third kappa shape index (κ3) is 4.77. The smallest absolute Gasteiger partial charge is 0.243 e. The molecule has 2 rings (SSSR count). The molecule has 0 radical (unpaired) electrons. The maximum atomic E-state index is 13.0. The van der Waals surface area contributed by atoms with Gasteiger partial charge in [0.1, 0.15) is 5.82 Å². The Morgan fingerprint density at radius 2 is 1.79 bits per heavy atom. The normalized spacial score (nSPS) is 16.8. The molecule has 1 aliphatic rings. The molecule has 1 aromatic carbocycles. The van der Waals surface area contributed by atoms with Crippen LogP contribution in [0.15, 0.2) is 29.2 Å². The number of unbranched alkanes of at least 4 members (excludes halogenated alkanes) is 2. The summed E-state index contributed by atoms with van der Waals surface area (Å²) in [4.78, 5) is 14.1. The predicted octanol–water partition coefficient (Wildman–Crippen LogP) is 2.63. The van der Waals surface area contributed by atoms with Crippen molar-refractivity contribution in [1.82, 2.24) is 9.21 Å². The average Bonchev–Trinajstić information content (AvgIpc) is 2.82. The second kappa shape index (κ2) is 8.58. The zero-order valence-electron chi connectivity index (χ0n) is 14.1. The highest BCUT2D eigenvalue weighted by atomic mass is 32.2. The van der Waals surface area contributed by atoms with Gasteiger partial charge in [-0.15, -0.1) is 0 Å². The summed E-state index contributed by atoms with van der Waals surface area (Å²) >= 11 is 0. The second-order valence-corrected chi connectivity index (χ2v) is 7.99. The van der Waals surface area contributed by atoms with E-state index >= 15 is 0 Å². The number of sulfonamides is 1. The van der Waals surface area contributed by atoms with Crippen LogP contribution in [-0.4, -0.2) is 49.7 Å². The van der Waals surface area contributed by atoms with Crippen LogP contribution in [0.5, 0.6) is 0 Å². The molecule has 1 aliphatic heterocycles. The summed E-state index contributed by atoms with van der Waals surface area (Å²) < 4.78 is 39.7. The minimum Gasteiger partial charge on any atom is -0.341 e. The van der Waals surface area contributed by atoms with Crippen LogP contribution >= 0.6 is 0 Å². The van der Waals surface area contributed by atoms with Gasteiger partial charge >= 0.3 is 0 Å². The van der Waals surface area contributed by atoms with Gasteiger partial charge in [-0.25, -0.2) is 12.8 Å². The molecule has 24 heavy (non-hydrogen) atoms.